The van der Waals surface area contributed by atoms with Gasteiger partial charge in [0.1, 0.15) is 5.65 Å². The molecule has 4 rings (SSSR count). The van der Waals surface area contributed by atoms with Crippen LogP contribution in [0.5, 0.6) is 0 Å². The molecule has 0 radical (unpaired) electrons. The Kier molecular flexibility index (Phi) is 5.45. The average Bonchev–Trinajstić information content (AvgIpc) is 3.37. The molecule has 0 aliphatic heterocycles. The van der Waals surface area contributed by atoms with Gasteiger partial charge in [-0.3, -0.25) is 4.79 Å². The number of hydrogen-bond donors (Lipinski definition) is 1. The van der Waals surface area contributed by atoms with E-state index in [4.69, 9.17) is 0 Å². The molecule has 1 N–H and O–H groups in total. The van der Waals surface area contributed by atoms with Gasteiger partial charge in [0.2, 0.25) is 0 Å². The van der Waals surface area contributed by atoms with Crippen molar-refractivity contribution in [1.82, 2.24) is 29.5 Å². The summed E-state index contributed by atoms with van der Waals surface area (Å²) in [5, 5.41) is 7.06. The quantitative estimate of drug-likeness (QED) is 0.500. The van der Waals surface area contributed by atoms with Crippen LogP contribution in [0.25, 0.3) is 11.5 Å². The number of halogens is 3. The first-order valence-electron chi connectivity index (χ1n) is 9.98. The van der Waals surface area contributed by atoms with Crippen LogP contribution in [0, 0.1) is 6.92 Å². The van der Waals surface area contributed by atoms with Crippen molar-refractivity contribution in [2.45, 2.75) is 39.4 Å². The Labute approximate surface area is 181 Å². The molecule has 4 aromatic rings. The van der Waals surface area contributed by atoms with E-state index < -0.39 is 11.7 Å². The van der Waals surface area contributed by atoms with Crippen LogP contribution in [0.3, 0.4) is 0 Å². The minimum absolute atomic E-state index is 0.125. The molecule has 0 saturated heterocycles. The third-order valence-electron chi connectivity index (χ3n) is 5.07. The van der Waals surface area contributed by atoms with Crippen LogP contribution < -0.4 is 5.32 Å². The van der Waals surface area contributed by atoms with Gasteiger partial charge in [-0.25, -0.2) is 14.6 Å². The summed E-state index contributed by atoms with van der Waals surface area (Å²) in [4.78, 5) is 21.3. The van der Waals surface area contributed by atoms with E-state index in [1.54, 1.807) is 0 Å². The SMILES string of the molecule is Cc1cccc2nc(CNC(=O)c3cnn(-c4ccc(C(F)(F)F)cn4)c3C(C)C)cn12. The third kappa shape index (κ3) is 4.08. The number of carbonyl (C=O) groups excluding carboxylic acids is 1. The molecular formula is C22H21F3N6O. The van der Waals surface area contributed by atoms with Crippen molar-refractivity contribution in [3.63, 3.8) is 0 Å². The summed E-state index contributed by atoms with van der Waals surface area (Å²) in [6.07, 6.45) is -0.452. The Morgan fingerprint density at radius 2 is 1.94 bits per heavy atom. The molecule has 0 fully saturated rings. The Morgan fingerprint density at radius 3 is 2.56 bits per heavy atom. The van der Waals surface area contributed by atoms with Gasteiger partial charge >= 0.3 is 6.18 Å². The normalized spacial score (nSPS) is 12.0. The van der Waals surface area contributed by atoms with Crippen LogP contribution in [-0.4, -0.2) is 30.1 Å². The highest BCUT2D eigenvalue weighted by atomic mass is 19.4. The number of nitrogens with one attached hydrogen (secondary N) is 1. The zero-order valence-electron chi connectivity index (χ0n) is 17.7. The van der Waals surface area contributed by atoms with Gasteiger partial charge in [0.15, 0.2) is 5.82 Å². The Bertz CT molecular complexity index is 1270. The molecule has 0 aromatic carbocycles. The number of imidazole rings is 1. The second-order valence-electron chi connectivity index (χ2n) is 7.72. The van der Waals surface area contributed by atoms with Crippen LogP contribution in [0.1, 0.15) is 52.8 Å². The van der Waals surface area contributed by atoms with E-state index >= 15 is 0 Å². The number of pyridine rings is 2. The highest BCUT2D eigenvalue weighted by Gasteiger charge is 2.31. The lowest BCUT2D eigenvalue weighted by atomic mass is 10.1. The second kappa shape index (κ2) is 8.10. The van der Waals surface area contributed by atoms with Gasteiger partial charge in [-0.05, 0) is 37.1 Å². The van der Waals surface area contributed by atoms with Crippen LogP contribution in [0.15, 0.2) is 48.9 Å². The first-order valence-corrected chi connectivity index (χ1v) is 9.98. The van der Waals surface area contributed by atoms with Crippen LogP contribution in [0.4, 0.5) is 13.2 Å². The first-order chi connectivity index (χ1) is 15.1. The topological polar surface area (TPSA) is 77.1 Å². The van der Waals surface area contributed by atoms with Crippen LogP contribution >= 0.6 is 0 Å². The Morgan fingerprint density at radius 1 is 1.16 bits per heavy atom. The molecule has 0 saturated carbocycles. The maximum Gasteiger partial charge on any atom is 0.417 e. The van der Waals surface area contributed by atoms with E-state index in [0.717, 1.165) is 23.6 Å². The standard InChI is InChI=1S/C22H21F3N6O/c1-13(2)20-17(11-28-31(20)18-8-7-15(9-26-18)22(23,24)25)21(32)27-10-16-12-30-14(3)5-4-6-19(30)29-16/h4-9,11-13H,10H2,1-3H3,(H,27,32). The van der Waals surface area contributed by atoms with E-state index in [2.05, 4.69) is 20.4 Å². The fraction of sp³-hybridized carbons (Fsp3) is 0.273. The molecule has 0 atom stereocenters. The molecule has 4 aromatic heterocycles. The average molecular weight is 442 g/mol. The van der Waals surface area contributed by atoms with Gasteiger partial charge in [-0.2, -0.15) is 18.3 Å². The molecular weight excluding hydrogens is 421 g/mol. The van der Waals surface area contributed by atoms with E-state index in [-0.39, 0.29) is 24.2 Å². The molecule has 32 heavy (non-hydrogen) atoms. The number of rotatable bonds is 5. The zero-order valence-corrected chi connectivity index (χ0v) is 17.7. The lowest BCUT2D eigenvalue weighted by Crippen LogP contribution is -2.24. The predicted molar refractivity (Wildman–Crippen MR) is 112 cm³/mol. The molecule has 166 valence electrons. The largest absolute Gasteiger partial charge is 0.417 e. The third-order valence-corrected chi connectivity index (χ3v) is 5.07. The molecule has 0 unspecified atom stereocenters. The van der Waals surface area contributed by atoms with E-state index in [9.17, 15) is 18.0 Å². The van der Waals surface area contributed by atoms with Gasteiger partial charge in [0.25, 0.3) is 5.91 Å². The number of nitrogens with zero attached hydrogens (tertiary/aromatic N) is 5. The lowest BCUT2D eigenvalue weighted by Gasteiger charge is -2.13. The minimum atomic E-state index is -4.47. The van der Waals surface area contributed by atoms with Crippen molar-refractivity contribution in [2.24, 2.45) is 0 Å². The van der Waals surface area contributed by atoms with Gasteiger partial charge < -0.3 is 9.72 Å². The van der Waals surface area contributed by atoms with Crippen LogP contribution in [-0.2, 0) is 12.7 Å². The number of fused-ring (bicyclic) bond motifs is 1. The lowest BCUT2D eigenvalue weighted by molar-refractivity contribution is -0.137. The fourth-order valence-electron chi connectivity index (χ4n) is 3.50. The van der Waals surface area contributed by atoms with Crippen LogP contribution in [0.2, 0.25) is 0 Å². The fourth-order valence-corrected chi connectivity index (χ4v) is 3.50. The number of amides is 1. The van der Waals surface area contributed by atoms with Gasteiger partial charge in [0.05, 0.1) is 35.3 Å². The highest BCUT2D eigenvalue weighted by molar-refractivity contribution is 5.95. The molecule has 0 aliphatic rings. The summed E-state index contributed by atoms with van der Waals surface area (Å²) < 4.78 is 41.8. The van der Waals surface area contributed by atoms with Gasteiger partial charge in [0, 0.05) is 18.1 Å². The Hall–Kier alpha value is -3.69. The Balaban J connectivity index is 1.57. The summed E-state index contributed by atoms with van der Waals surface area (Å²) in [7, 11) is 0. The molecule has 0 bridgehead atoms. The number of hydrogen-bond acceptors (Lipinski definition) is 4. The molecule has 10 heteroatoms. The van der Waals surface area contributed by atoms with Crippen molar-refractivity contribution >= 4 is 11.6 Å². The van der Waals surface area contributed by atoms with Crippen molar-refractivity contribution in [3.8, 4) is 5.82 Å². The smallest absolute Gasteiger partial charge is 0.346 e. The first kappa shape index (κ1) is 21.5. The molecule has 4 heterocycles. The summed E-state index contributed by atoms with van der Waals surface area (Å²) in [6, 6.07) is 7.95. The number of alkyl halides is 3. The van der Waals surface area contributed by atoms with Crippen molar-refractivity contribution in [2.75, 3.05) is 0 Å². The van der Waals surface area contributed by atoms with Gasteiger partial charge in [-0.1, -0.05) is 19.9 Å². The zero-order chi connectivity index (χ0) is 23.0. The molecule has 7 nitrogen and oxygen atoms in total. The molecule has 1 amide bonds. The van der Waals surface area contributed by atoms with E-state index in [1.165, 1.54) is 16.9 Å². The monoisotopic (exact) mass is 442 g/mol. The summed E-state index contributed by atoms with van der Waals surface area (Å²) in [5.74, 6) is -0.266. The molecule has 0 spiro atoms. The number of carbonyl (C=O) groups is 1. The second-order valence-corrected chi connectivity index (χ2v) is 7.72. The minimum Gasteiger partial charge on any atom is -0.346 e. The predicted octanol–water partition coefficient (Wildman–Crippen LogP) is 4.30. The van der Waals surface area contributed by atoms with Crippen molar-refractivity contribution < 1.29 is 18.0 Å². The maximum atomic E-state index is 12.9. The van der Waals surface area contributed by atoms with Crippen molar-refractivity contribution in [3.05, 3.63) is 77.1 Å². The van der Waals surface area contributed by atoms with E-state index in [1.807, 2.05) is 49.6 Å². The number of aryl methyl sites for hydroxylation is 1. The van der Waals surface area contributed by atoms with Gasteiger partial charge in [-0.15, -0.1) is 0 Å². The number of aromatic nitrogens is 5. The summed E-state index contributed by atoms with van der Waals surface area (Å²) >= 11 is 0. The van der Waals surface area contributed by atoms with E-state index in [0.29, 0.717) is 17.0 Å². The summed E-state index contributed by atoms with van der Waals surface area (Å²) in [6.45, 7) is 5.94. The maximum absolute atomic E-state index is 12.9. The molecule has 0 aliphatic carbocycles. The van der Waals surface area contributed by atoms with Crippen molar-refractivity contribution in [1.29, 1.82) is 0 Å². The summed E-state index contributed by atoms with van der Waals surface area (Å²) in [5.41, 5.74) is 2.57. The highest BCUT2D eigenvalue weighted by Crippen LogP contribution is 2.29.